The minimum atomic E-state index is 0.00829. The van der Waals surface area contributed by atoms with Crippen LogP contribution in [0.3, 0.4) is 0 Å². The Morgan fingerprint density at radius 1 is 1.50 bits per heavy atom. The summed E-state index contributed by atoms with van der Waals surface area (Å²) in [6.07, 6.45) is 9.15. The highest BCUT2D eigenvalue weighted by Crippen LogP contribution is 2.17. The van der Waals surface area contributed by atoms with Gasteiger partial charge in [-0.3, -0.25) is 4.79 Å². The molecule has 4 heteroatoms. The van der Waals surface area contributed by atoms with Crippen LogP contribution in [0, 0.1) is 12.3 Å². The van der Waals surface area contributed by atoms with Gasteiger partial charge in [-0.25, -0.2) is 0 Å². The van der Waals surface area contributed by atoms with Crippen LogP contribution in [0.4, 0.5) is 0 Å². The van der Waals surface area contributed by atoms with E-state index in [1.807, 2.05) is 23.8 Å². The van der Waals surface area contributed by atoms with Crippen LogP contribution < -0.4 is 0 Å². The summed E-state index contributed by atoms with van der Waals surface area (Å²) in [5.41, 5.74) is 0.701. The maximum absolute atomic E-state index is 12.4. The number of halogens is 1. The Morgan fingerprint density at radius 2 is 2.22 bits per heavy atom. The minimum absolute atomic E-state index is 0.00829. The van der Waals surface area contributed by atoms with E-state index >= 15 is 0 Å². The molecule has 0 bridgehead atoms. The number of hydrogen-bond donors (Lipinski definition) is 0. The minimum Gasteiger partial charge on any atom is -0.342 e. The van der Waals surface area contributed by atoms with Gasteiger partial charge in [0, 0.05) is 23.8 Å². The van der Waals surface area contributed by atoms with E-state index in [0.717, 1.165) is 23.9 Å². The number of carbonyl (C=O) groups excluding carboxylic acids is 1. The largest absolute Gasteiger partial charge is 0.342 e. The van der Waals surface area contributed by atoms with Crippen LogP contribution in [0.2, 0.25) is 0 Å². The fourth-order valence-corrected chi connectivity index (χ4v) is 2.34. The predicted molar refractivity (Wildman–Crippen MR) is 77.5 cm³/mol. The van der Waals surface area contributed by atoms with Crippen LogP contribution in [0.5, 0.6) is 0 Å². The van der Waals surface area contributed by atoms with Gasteiger partial charge in [-0.2, -0.15) is 0 Å². The first kappa shape index (κ1) is 14.8. The maximum Gasteiger partial charge on any atom is 0.271 e. The average molecular weight is 311 g/mol. The fraction of sp³-hybridized carbons (Fsp3) is 0.500. The van der Waals surface area contributed by atoms with Gasteiger partial charge in [0.15, 0.2) is 0 Å². The summed E-state index contributed by atoms with van der Waals surface area (Å²) < 4.78 is 2.91. The van der Waals surface area contributed by atoms with Crippen molar-refractivity contribution in [3.05, 3.63) is 22.4 Å². The molecule has 1 aromatic heterocycles. The third-order valence-electron chi connectivity index (χ3n) is 2.61. The number of rotatable bonds is 6. The molecule has 3 nitrogen and oxygen atoms in total. The molecule has 0 radical (unpaired) electrons. The number of carbonyl (C=O) groups is 1. The second-order valence-electron chi connectivity index (χ2n) is 4.17. The number of nitrogens with zero attached hydrogens (tertiary/aromatic N) is 2. The molecule has 0 saturated carbocycles. The summed E-state index contributed by atoms with van der Waals surface area (Å²) >= 11 is 3.42. The molecular formula is C14H19BrN2O. The van der Waals surface area contributed by atoms with Gasteiger partial charge in [0.25, 0.3) is 5.91 Å². The molecule has 0 saturated heterocycles. The molecule has 1 amide bonds. The lowest BCUT2D eigenvalue weighted by atomic mass is 10.3. The summed E-state index contributed by atoms with van der Waals surface area (Å²) in [5, 5.41) is 0. The highest BCUT2D eigenvalue weighted by Gasteiger charge is 2.18. The first-order chi connectivity index (χ1) is 8.63. The van der Waals surface area contributed by atoms with Gasteiger partial charge in [-0.05, 0) is 34.8 Å². The van der Waals surface area contributed by atoms with Gasteiger partial charge in [-0.15, -0.1) is 6.42 Å². The Bertz CT molecular complexity index is 445. The van der Waals surface area contributed by atoms with Gasteiger partial charge in [0.05, 0.1) is 6.54 Å². The molecule has 0 fully saturated rings. The van der Waals surface area contributed by atoms with Crippen molar-refractivity contribution in [2.45, 2.75) is 33.2 Å². The van der Waals surface area contributed by atoms with E-state index in [9.17, 15) is 4.79 Å². The molecule has 0 aliphatic carbocycles. The first-order valence-electron chi connectivity index (χ1n) is 6.22. The molecule has 1 rings (SSSR count). The highest BCUT2D eigenvalue weighted by atomic mass is 79.9. The van der Waals surface area contributed by atoms with Crippen molar-refractivity contribution in [3.8, 4) is 12.3 Å². The number of aryl methyl sites for hydroxylation is 1. The maximum atomic E-state index is 12.4. The third-order valence-corrected chi connectivity index (χ3v) is 3.04. The van der Waals surface area contributed by atoms with Crippen LogP contribution in [-0.4, -0.2) is 28.5 Å². The van der Waals surface area contributed by atoms with Crippen LogP contribution in [0.15, 0.2) is 16.7 Å². The molecule has 1 heterocycles. The average Bonchev–Trinajstić information content (AvgIpc) is 2.70. The fourth-order valence-electron chi connectivity index (χ4n) is 1.87. The van der Waals surface area contributed by atoms with Crippen LogP contribution in [-0.2, 0) is 6.54 Å². The van der Waals surface area contributed by atoms with Gasteiger partial charge in [-0.1, -0.05) is 19.8 Å². The standard InChI is InChI=1S/C14H19BrN2O/c1-4-7-16(8-5-2)14(18)13-10-12(15)11-17(13)9-6-3/h1,10-11H,5-9H2,2-3H3. The van der Waals surface area contributed by atoms with E-state index in [2.05, 4.69) is 28.8 Å². The number of hydrogen-bond acceptors (Lipinski definition) is 1. The van der Waals surface area contributed by atoms with Crippen LogP contribution in [0.25, 0.3) is 0 Å². The lowest BCUT2D eigenvalue weighted by Gasteiger charge is -2.20. The zero-order valence-corrected chi connectivity index (χ0v) is 12.5. The molecule has 1 aromatic rings. The first-order valence-corrected chi connectivity index (χ1v) is 7.01. The van der Waals surface area contributed by atoms with Crippen molar-refractivity contribution >= 4 is 21.8 Å². The molecular weight excluding hydrogens is 292 g/mol. The van der Waals surface area contributed by atoms with Gasteiger partial charge in [0.1, 0.15) is 5.69 Å². The van der Waals surface area contributed by atoms with Crippen LogP contribution in [0.1, 0.15) is 37.2 Å². The highest BCUT2D eigenvalue weighted by molar-refractivity contribution is 9.10. The Kier molecular flexibility index (Phi) is 6.00. The van der Waals surface area contributed by atoms with Crippen molar-refractivity contribution in [1.29, 1.82) is 0 Å². The number of aromatic nitrogens is 1. The van der Waals surface area contributed by atoms with E-state index < -0.39 is 0 Å². The van der Waals surface area contributed by atoms with Crippen LogP contribution >= 0.6 is 15.9 Å². The predicted octanol–water partition coefficient (Wildman–Crippen LogP) is 3.15. The second-order valence-corrected chi connectivity index (χ2v) is 5.08. The molecule has 0 spiro atoms. The lowest BCUT2D eigenvalue weighted by molar-refractivity contribution is 0.0766. The molecule has 0 atom stereocenters. The van der Waals surface area contributed by atoms with E-state index in [0.29, 0.717) is 18.8 Å². The summed E-state index contributed by atoms with van der Waals surface area (Å²) in [6.45, 7) is 6.02. The molecule has 0 N–H and O–H groups in total. The smallest absolute Gasteiger partial charge is 0.271 e. The topological polar surface area (TPSA) is 25.2 Å². The Hall–Kier alpha value is -1.21. The summed E-state index contributed by atoms with van der Waals surface area (Å²) in [6, 6.07) is 1.86. The van der Waals surface area contributed by atoms with E-state index in [1.165, 1.54) is 0 Å². The summed E-state index contributed by atoms with van der Waals surface area (Å²) in [4.78, 5) is 14.1. The third kappa shape index (κ3) is 3.64. The molecule has 0 aliphatic rings. The zero-order chi connectivity index (χ0) is 13.5. The molecule has 0 aromatic carbocycles. The summed E-state index contributed by atoms with van der Waals surface area (Å²) in [5.74, 6) is 2.55. The van der Waals surface area contributed by atoms with Crippen molar-refractivity contribution in [1.82, 2.24) is 9.47 Å². The van der Waals surface area contributed by atoms with E-state index in [-0.39, 0.29) is 5.91 Å². The van der Waals surface area contributed by atoms with E-state index in [4.69, 9.17) is 6.42 Å². The normalized spacial score (nSPS) is 10.1. The zero-order valence-electron chi connectivity index (χ0n) is 10.9. The Labute approximate surface area is 117 Å². The molecule has 0 aliphatic heterocycles. The second kappa shape index (κ2) is 7.27. The van der Waals surface area contributed by atoms with Crippen molar-refractivity contribution in [3.63, 3.8) is 0 Å². The van der Waals surface area contributed by atoms with Gasteiger partial charge < -0.3 is 9.47 Å². The Morgan fingerprint density at radius 3 is 2.78 bits per heavy atom. The van der Waals surface area contributed by atoms with Gasteiger partial charge >= 0.3 is 0 Å². The van der Waals surface area contributed by atoms with Crippen molar-refractivity contribution in [2.24, 2.45) is 0 Å². The number of amides is 1. The molecule has 0 unspecified atom stereocenters. The number of terminal acetylenes is 1. The quantitative estimate of drug-likeness (QED) is 0.741. The lowest BCUT2D eigenvalue weighted by Crippen LogP contribution is -2.33. The van der Waals surface area contributed by atoms with E-state index in [1.54, 1.807) is 4.90 Å². The van der Waals surface area contributed by atoms with Gasteiger partial charge in [0.2, 0.25) is 0 Å². The van der Waals surface area contributed by atoms with Crippen molar-refractivity contribution in [2.75, 3.05) is 13.1 Å². The Balaban J connectivity index is 2.96. The molecule has 18 heavy (non-hydrogen) atoms. The SMILES string of the molecule is C#CCN(CCC)C(=O)c1cc(Br)cn1CCC. The molecule has 98 valence electrons. The monoisotopic (exact) mass is 310 g/mol. The summed E-state index contributed by atoms with van der Waals surface area (Å²) in [7, 11) is 0. The van der Waals surface area contributed by atoms with Crippen molar-refractivity contribution < 1.29 is 4.79 Å².